The number of aromatic amines is 1. The van der Waals surface area contributed by atoms with Gasteiger partial charge in [-0.3, -0.25) is 9.36 Å². The summed E-state index contributed by atoms with van der Waals surface area (Å²) in [7, 11) is 0. The Labute approximate surface area is 144 Å². The first-order valence-corrected chi connectivity index (χ1v) is 7.90. The summed E-state index contributed by atoms with van der Waals surface area (Å²) < 4.78 is 1.60. The van der Waals surface area contributed by atoms with E-state index in [2.05, 4.69) is 31.8 Å². The summed E-state index contributed by atoms with van der Waals surface area (Å²) in [5, 5.41) is 13.1. The molecule has 3 heterocycles. The Morgan fingerprint density at radius 2 is 2.16 bits per heavy atom. The molecule has 3 N–H and O–H groups in total. The van der Waals surface area contributed by atoms with Crippen molar-refractivity contribution in [3.63, 3.8) is 0 Å². The lowest BCUT2D eigenvalue weighted by Crippen LogP contribution is -2.23. The van der Waals surface area contributed by atoms with Gasteiger partial charge < -0.3 is 15.4 Å². The molecule has 8 nitrogen and oxygen atoms in total. The highest BCUT2D eigenvalue weighted by Gasteiger charge is 2.22. The van der Waals surface area contributed by atoms with Crippen molar-refractivity contribution in [3.05, 3.63) is 37.2 Å². The highest BCUT2D eigenvalue weighted by molar-refractivity contribution is 5.80. The maximum Gasteiger partial charge on any atom is 0.222 e. The van der Waals surface area contributed by atoms with Gasteiger partial charge in [0.25, 0.3) is 0 Å². The zero-order valence-corrected chi connectivity index (χ0v) is 14.3. The van der Waals surface area contributed by atoms with Gasteiger partial charge in [-0.25, -0.2) is 15.0 Å². The highest BCUT2D eigenvalue weighted by Crippen LogP contribution is 2.27. The van der Waals surface area contributed by atoms with E-state index < -0.39 is 6.10 Å². The maximum absolute atomic E-state index is 11.3. The summed E-state index contributed by atoms with van der Waals surface area (Å²) in [5.41, 5.74) is 2.79. The van der Waals surface area contributed by atoms with Crippen molar-refractivity contribution in [2.24, 2.45) is 5.92 Å². The predicted octanol–water partition coefficient (Wildman–Crippen LogP) is 2.08. The Morgan fingerprint density at radius 3 is 2.84 bits per heavy atom. The number of H-pyrrole nitrogens is 1. The predicted molar refractivity (Wildman–Crippen MR) is 94.1 cm³/mol. The number of fused-ring (bicyclic) bond motifs is 1. The monoisotopic (exact) mass is 340 g/mol. The van der Waals surface area contributed by atoms with Gasteiger partial charge >= 0.3 is 0 Å². The fourth-order valence-corrected chi connectivity index (χ4v) is 2.49. The third-order valence-electron chi connectivity index (χ3n) is 3.81. The Balaban J connectivity index is 2.08. The van der Waals surface area contributed by atoms with Gasteiger partial charge in [-0.2, -0.15) is 0 Å². The first-order chi connectivity index (χ1) is 11.9. The van der Waals surface area contributed by atoms with E-state index in [4.69, 9.17) is 0 Å². The smallest absolute Gasteiger partial charge is 0.222 e. The number of nitrogens with zero attached hydrogens (tertiary/aromatic N) is 4. The maximum atomic E-state index is 11.3. The molecular formula is C17H20N6O2. The molecule has 130 valence electrons. The van der Waals surface area contributed by atoms with Crippen molar-refractivity contribution in [3.8, 4) is 11.3 Å². The molecule has 25 heavy (non-hydrogen) atoms. The molecule has 0 radical (unpaired) electrons. The molecule has 1 atom stereocenters. The Kier molecular flexibility index (Phi) is 4.37. The number of aliphatic hydroxyl groups excluding tert-OH is 1. The molecule has 0 bridgehead atoms. The van der Waals surface area contributed by atoms with Crippen LogP contribution in [0.25, 0.3) is 28.2 Å². The third kappa shape index (κ3) is 3.29. The van der Waals surface area contributed by atoms with Crippen LogP contribution in [0.5, 0.6) is 0 Å². The standard InChI is InChI=1S/C17H20N6O2/c1-9(2)15(25)17-22-14(7-23(17)10(3)21-11(4)24)12-5-13-16(18-6-12)20-8-19-13/h5-9,15,25H,3H2,1-2,4H3,(H,21,24)(H,18,19,20). The average molecular weight is 340 g/mol. The van der Waals surface area contributed by atoms with Crippen LogP contribution in [0.15, 0.2) is 31.4 Å². The Bertz CT molecular complexity index is 940. The number of aliphatic hydroxyl groups is 1. The Morgan fingerprint density at radius 1 is 1.40 bits per heavy atom. The van der Waals surface area contributed by atoms with E-state index in [1.807, 2.05) is 19.9 Å². The van der Waals surface area contributed by atoms with Crippen LogP contribution >= 0.6 is 0 Å². The lowest BCUT2D eigenvalue weighted by Gasteiger charge is -2.17. The van der Waals surface area contributed by atoms with E-state index in [0.29, 0.717) is 23.0 Å². The highest BCUT2D eigenvalue weighted by atomic mass is 16.3. The van der Waals surface area contributed by atoms with Gasteiger partial charge in [-0.15, -0.1) is 0 Å². The van der Waals surface area contributed by atoms with Gasteiger partial charge in [-0.1, -0.05) is 20.4 Å². The van der Waals surface area contributed by atoms with Gasteiger partial charge in [0.05, 0.1) is 17.5 Å². The van der Waals surface area contributed by atoms with E-state index in [0.717, 1.165) is 11.1 Å². The number of aromatic nitrogens is 5. The summed E-state index contributed by atoms with van der Waals surface area (Å²) >= 11 is 0. The van der Waals surface area contributed by atoms with Crippen LogP contribution in [0.2, 0.25) is 0 Å². The first-order valence-electron chi connectivity index (χ1n) is 7.90. The molecule has 0 spiro atoms. The second-order valence-corrected chi connectivity index (χ2v) is 6.17. The van der Waals surface area contributed by atoms with Crippen LogP contribution in [0.3, 0.4) is 0 Å². The van der Waals surface area contributed by atoms with Crippen molar-refractivity contribution >= 4 is 22.9 Å². The summed E-state index contributed by atoms with van der Waals surface area (Å²) in [6.45, 7) is 9.05. The van der Waals surface area contributed by atoms with Gasteiger partial charge in [-0.05, 0) is 12.0 Å². The number of amides is 1. The molecule has 0 aliphatic rings. The number of hydrogen-bond donors (Lipinski definition) is 3. The zero-order chi connectivity index (χ0) is 18.1. The van der Waals surface area contributed by atoms with Crippen molar-refractivity contribution in [1.29, 1.82) is 0 Å². The topological polar surface area (TPSA) is 109 Å². The summed E-state index contributed by atoms with van der Waals surface area (Å²) in [6, 6.07) is 1.88. The quantitative estimate of drug-likeness (QED) is 0.659. The SMILES string of the molecule is C=C(NC(C)=O)n1cc(-c2cnc3nc[nH]c3c2)nc1C(O)C(C)C. The average Bonchev–Trinajstić information content (AvgIpc) is 3.19. The molecular weight excluding hydrogens is 320 g/mol. The molecule has 8 heteroatoms. The normalized spacial score (nSPS) is 12.5. The molecule has 0 saturated carbocycles. The van der Waals surface area contributed by atoms with Crippen LogP contribution in [-0.4, -0.2) is 35.5 Å². The first kappa shape index (κ1) is 16.8. The summed E-state index contributed by atoms with van der Waals surface area (Å²) in [4.78, 5) is 27.3. The zero-order valence-electron chi connectivity index (χ0n) is 14.3. The molecule has 0 aromatic carbocycles. The number of carbonyl (C=O) groups is 1. The molecule has 0 aliphatic heterocycles. The van der Waals surface area contributed by atoms with Crippen molar-refractivity contribution in [2.45, 2.75) is 26.9 Å². The summed E-state index contributed by atoms with van der Waals surface area (Å²) in [6.07, 6.45) is 4.16. The van der Waals surface area contributed by atoms with Gasteiger partial charge in [0.15, 0.2) is 5.65 Å². The van der Waals surface area contributed by atoms with Crippen LogP contribution in [0.4, 0.5) is 0 Å². The molecule has 1 unspecified atom stereocenters. The molecule has 0 aliphatic carbocycles. The lowest BCUT2D eigenvalue weighted by atomic mass is 10.1. The summed E-state index contributed by atoms with van der Waals surface area (Å²) in [5.74, 6) is 0.447. The van der Waals surface area contributed by atoms with E-state index in [1.165, 1.54) is 6.92 Å². The van der Waals surface area contributed by atoms with E-state index >= 15 is 0 Å². The number of rotatable bonds is 5. The minimum absolute atomic E-state index is 0.0488. The van der Waals surface area contributed by atoms with Crippen molar-refractivity contribution < 1.29 is 9.90 Å². The molecule has 3 aromatic rings. The van der Waals surface area contributed by atoms with Gasteiger partial charge in [0.2, 0.25) is 5.91 Å². The second kappa shape index (κ2) is 6.48. The minimum Gasteiger partial charge on any atom is -0.385 e. The number of pyridine rings is 1. The minimum atomic E-state index is -0.803. The van der Waals surface area contributed by atoms with Crippen molar-refractivity contribution in [2.75, 3.05) is 0 Å². The van der Waals surface area contributed by atoms with Gasteiger partial charge in [0, 0.05) is 24.9 Å². The molecule has 0 fully saturated rings. The fourth-order valence-electron chi connectivity index (χ4n) is 2.49. The van der Waals surface area contributed by atoms with E-state index in [-0.39, 0.29) is 11.8 Å². The number of imidazole rings is 2. The second-order valence-electron chi connectivity index (χ2n) is 6.17. The third-order valence-corrected chi connectivity index (χ3v) is 3.81. The van der Waals surface area contributed by atoms with Crippen LogP contribution < -0.4 is 5.32 Å². The van der Waals surface area contributed by atoms with Gasteiger partial charge in [0.1, 0.15) is 17.7 Å². The number of hydrogen-bond acceptors (Lipinski definition) is 5. The molecule has 1 amide bonds. The fraction of sp³-hybridized carbons (Fsp3) is 0.294. The van der Waals surface area contributed by atoms with E-state index in [1.54, 1.807) is 23.3 Å². The largest absolute Gasteiger partial charge is 0.385 e. The van der Waals surface area contributed by atoms with Crippen LogP contribution in [0, 0.1) is 5.92 Å². The Hall–Kier alpha value is -3.00. The van der Waals surface area contributed by atoms with E-state index in [9.17, 15) is 9.90 Å². The molecule has 3 rings (SSSR count). The lowest BCUT2D eigenvalue weighted by molar-refractivity contribution is -0.117. The number of nitrogens with one attached hydrogen (secondary N) is 2. The molecule has 0 saturated heterocycles. The molecule has 3 aromatic heterocycles. The van der Waals surface area contributed by atoms with Crippen molar-refractivity contribution in [1.82, 2.24) is 29.8 Å². The van der Waals surface area contributed by atoms with Crippen LogP contribution in [0.1, 0.15) is 32.7 Å². The number of carbonyl (C=O) groups excluding carboxylic acids is 1. The van der Waals surface area contributed by atoms with Crippen LogP contribution in [-0.2, 0) is 4.79 Å².